The molecule has 2 aromatic rings. The van der Waals surface area contributed by atoms with Gasteiger partial charge in [0.15, 0.2) is 0 Å². The topological polar surface area (TPSA) is 58.2 Å². The molecular weight excluding hydrogens is 362 g/mol. The van der Waals surface area contributed by atoms with E-state index in [9.17, 15) is 18.4 Å². The van der Waals surface area contributed by atoms with E-state index in [0.717, 1.165) is 6.07 Å². The standard InChI is InChI=1S/C19H17ClF2N2O2/c1-2-17(25)24-16-8-5-11-12(4-7-15(22)18(11)16)19(26)23-10-3-6-14(21)13(20)9-10/h3-4,6-7,9,16H,2,5,8H2,1H3,(H,23,26)(H,24,25). The first kappa shape index (κ1) is 18.3. The van der Waals surface area contributed by atoms with Crippen LogP contribution in [0.5, 0.6) is 0 Å². The van der Waals surface area contributed by atoms with Gasteiger partial charge in [-0.15, -0.1) is 0 Å². The highest BCUT2D eigenvalue weighted by Gasteiger charge is 2.30. The molecule has 1 aliphatic carbocycles. The summed E-state index contributed by atoms with van der Waals surface area (Å²) in [4.78, 5) is 24.3. The zero-order valence-electron chi connectivity index (χ0n) is 14.0. The number of carbonyl (C=O) groups excluding carboxylic acids is 2. The van der Waals surface area contributed by atoms with E-state index in [-0.39, 0.29) is 10.9 Å². The van der Waals surface area contributed by atoms with E-state index < -0.39 is 23.6 Å². The van der Waals surface area contributed by atoms with Crippen LogP contribution in [-0.2, 0) is 11.2 Å². The van der Waals surface area contributed by atoms with Gasteiger partial charge in [0.25, 0.3) is 5.91 Å². The van der Waals surface area contributed by atoms with E-state index in [2.05, 4.69) is 10.6 Å². The first-order valence-electron chi connectivity index (χ1n) is 8.27. The summed E-state index contributed by atoms with van der Waals surface area (Å²) in [7, 11) is 0. The normalized spacial score (nSPS) is 15.5. The molecule has 2 N–H and O–H groups in total. The molecule has 2 aromatic carbocycles. The Bertz CT molecular complexity index is 886. The molecule has 0 spiro atoms. The average Bonchev–Trinajstić information content (AvgIpc) is 3.02. The Balaban J connectivity index is 1.88. The second-order valence-electron chi connectivity index (χ2n) is 6.08. The van der Waals surface area contributed by atoms with Crippen LogP contribution in [0.2, 0.25) is 5.02 Å². The van der Waals surface area contributed by atoms with Gasteiger partial charge in [0.1, 0.15) is 11.6 Å². The molecule has 136 valence electrons. The second-order valence-corrected chi connectivity index (χ2v) is 6.49. The predicted molar refractivity (Wildman–Crippen MR) is 95.3 cm³/mol. The maximum Gasteiger partial charge on any atom is 0.255 e. The lowest BCUT2D eigenvalue weighted by atomic mass is 10.0. The summed E-state index contributed by atoms with van der Waals surface area (Å²) in [6.45, 7) is 1.72. The number of carbonyl (C=O) groups is 2. The minimum atomic E-state index is -0.582. The second kappa shape index (κ2) is 7.41. The third-order valence-electron chi connectivity index (χ3n) is 4.41. The quantitative estimate of drug-likeness (QED) is 0.829. The Morgan fingerprint density at radius 3 is 2.62 bits per heavy atom. The van der Waals surface area contributed by atoms with Crippen LogP contribution in [0.25, 0.3) is 0 Å². The molecule has 0 fully saturated rings. The van der Waals surface area contributed by atoms with Crippen molar-refractivity contribution in [2.75, 3.05) is 5.32 Å². The highest BCUT2D eigenvalue weighted by atomic mass is 35.5. The Labute approximate surface area is 154 Å². The largest absolute Gasteiger partial charge is 0.349 e. The zero-order chi connectivity index (χ0) is 18.8. The number of anilines is 1. The van der Waals surface area contributed by atoms with Crippen LogP contribution in [0.3, 0.4) is 0 Å². The van der Waals surface area contributed by atoms with Gasteiger partial charge in [0, 0.05) is 23.2 Å². The monoisotopic (exact) mass is 378 g/mol. The maximum atomic E-state index is 14.3. The summed E-state index contributed by atoms with van der Waals surface area (Å²) >= 11 is 5.72. The fourth-order valence-corrected chi connectivity index (χ4v) is 3.32. The lowest BCUT2D eigenvalue weighted by molar-refractivity contribution is -0.121. The first-order chi connectivity index (χ1) is 12.4. The van der Waals surface area contributed by atoms with E-state index in [1.54, 1.807) is 6.92 Å². The summed E-state index contributed by atoms with van der Waals surface area (Å²) < 4.78 is 27.6. The molecule has 0 saturated heterocycles. The number of amides is 2. The number of hydrogen-bond acceptors (Lipinski definition) is 2. The van der Waals surface area contributed by atoms with Crippen LogP contribution in [0.4, 0.5) is 14.5 Å². The van der Waals surface area contributed by atoms with Crippen molar-refractivity contribution < 1.29 is 18.4 Å². The lowest BCUT2D eigenvalue weighted by Gasteiger charge is -2.15. The van der Waals surface area contributed by atoms with Crippen molar-refractivity contribution in [3.8, 4) is 0 Å². The molecule has 1 unspecified atom stereocenters. The van der Waals surface area contributed by atoms with Crippen LogP contribution >= 0.6 is 11.6 Å². The van der Waals surface area contributed by atoms with Crippen molar-refractivity contribution in [2.24, 2.45) is 0 Å². The number of nitrogens with one attached hydrogen (secondary N) is 2. The number of hydrogen-bond donors (Lipinski definition) is 2. The van der Waals surface area contributed by atoms with E-state index in [0.29, 0.717) is 41.6 Å². The first-order valence-corrected chi connectivity index (χ1v) is 8.65. The molecule has 3 rings (SSSR count). The van der Waals surface area contributed by atoms with Crippen LogP contribution in [0.15, 0.2) is 30.3 Å². The lowest BCUT2D eigenvalue weighted by Crippen LogP contribution is -2.27. The maximum absolute atomic E-state index is 14.3. The Morgan fingerprint density at radius 1 is 1.19 bits per heavy atom. The minimum Gasteiger partial charge on any atom is -0.349 e. The van der Waals surface area contributed by atoms with Crippen molar-refractivity contribution in [1.29, 1.82) is 0 Å². The molecule has 0 aliphatic heterocycles. The van der Waals surface area contributed by atoms with Crippen molar-refractivity contribution in [1.82, 2.24) is 5.32 Å². The van der Waals surface area contributed by atoms with E-state index in [1.807, 2.05) is 0 Å². The molecule has 2 amide bonds. The van der Waals surface area contributed by atoms with Gasteiger partial charge in [-0.25, -0.2) is 8.78 Å². The van der Waals surface area contributed by atoms with Gasteiger partial charge < -0.3 is 10.6 Å². The van der Waals surface area contributed by atoms with E-state index in [4.69, 9.17) is 11.6 Å². The number of halogens is 3. The molecule has 7 heteroatoms. The summed E-state index contributed by atoms with van der Waals surface area (Å²) in [5, 5.41) is 5.33. The molecular formula is C19H17ClF2N2O2. The Hall–Kier alpha value is -2.47. The molecule has 26 heavy (non-hydrogen) atoms. The van der Waals surface area contributed by atoms with Crippen LogP contribution in [0.1, 0.15) is 47.3 Å². The minimum absolute atomic E-state index is 0.102. The smallest absolute Gasteiger partial charge is 0.255 e. The fraction of sp³-hybridized carbons (Fsp3) is 0.263. The fourth-order valence-electron chi connectivity index (χ4n) is 3.14. The highest BCUT2D eigenvalue weighted by Crippen LogP contribution is 2.36. The van der Waals surface area contributed by atoms with E-state index in [1.165, 1.54) is 24.3 Å². The summed E-state index contributed by atoms with van der Waals surface area (Å²) in [5.74, 6) is -1.63. The van der Waals surface area contributed by atoms with Crippen molar-refractivity contribution >= 4 is 29.1 Å². The molecule has 0 saturated carbocycles. The van der Waals surface area contributed by atoms with Gasteiger partial charge in [-0.05, 0) is 48.7 Å². The molecule has 4 nitrogen and oxygen atoms in total. The molecule has 1 aliphatic rings. The van der Waals surface area contributed by atoms with Gasteiger partial charge in [-0.2, -0.15) is 0 Å². The van der Waals surface area contributed by atoms with Crippen LogP contribution in [-0.4, -0.2) is 11.8 Å². The molecule has 0 aromatic heterocycles. The molecule has 0 heterocycles. The van der Waals surface area contributed by atoms with Crippen LogP contribution in [0, 0.1) is 11.6 Å². The van der Waals surface area contributed by atoms with Crippen molar-refractivity contribution in [3.05, 3.63) is 63.7 Å². The zero-order valence-corrected chi connectivity index (χ0v) is 14.8. The van der Waals surface area contributed by atoms with Crippen molar-refractivity contribution in [3.63, 3.8) is 0 Å². The van der Waals surface area contributed by atoms with Crippen LogP contribution < -0.4 is 10.6 Å². The average molecular weight is 379 g/mol. The summed E-state index contributed by atoms with van der Waals surface area (Å²) in [5.41, 5.74) is 1.61. The number of rotatable bonds is 4. The third kappa shape index (κ3) is 3.55. The molecule has 0 radical (unpaired) electrons. The highest BCUT2D eigenvalue weighted by molar-refractivity contribution is 6.31. The van der Waals surface area contributed by atoms with Gasteiger partial charge in [0.05, 0.1) is 11.1 Å². The van der Waals surface area contributed by atoms with Gasteiger partial charge in [0.2, 0.25) is 5.91 Å². The van der Waals surface area contributed by atoms with Gasteiger partial charge >= 0.3 is 0 Å². The summed E-state index contributed by atoms with van der Waals surface area (Å²) in [6.07, 6.45) is 1.32. The number of fused-ring (bicyclic) bond motifs is 1. The van der Waals surface area contributed by atoms with Crippen molar-refractivity contribution in [2.45, 2.75) is 32.2 Å². The van der Waals surface area contributed by atoms with Gasteiger partial charge in [-0.3, -0.25) is 9.59 Å². The third-order valence-corrected chi connectivity index (χ3v) is 4.70. The SMILES string of the molecule is CCC(=O)NC1CCc2c(C(=O)Nc3ccc(F)c(Cl)c3)ccc(F)c21. The Kier molecular flexibility index (Phi) is 5.23. The van der Waals surface area contributed by atoms with Gasteiger partial charge in [-0.1, -0.05) is 18.5 Å². The Morgan fingerprint density at radius 2 is 1.92 bits per heavy atom. The summed E-state index contributed by atoms with van der Waals surface area (Å²) in [6, 6.07) is 6.06. The molecule has 1 atom stereocenters. The number of benzene rings is 2. The van der Waals surface area contributed by atoms with E-state index >= 15 is 0 Å². The predicted octanol–water partition coefficient (Wildman–Crippen LogP) is 4.38. The molecule has 0 bridgehead atoms.